The number of amides is 3. The van der Waals surface area contributed by atoms with Gasteiger partial charge in [0.15, 0.2) is 0 Å². The topological polar surface area (TPSA) is 99.7 Å². The van der Waals surface area contributed by atoms with Crippen LogP contribution in [0.1, 0.15) is 112 Å². The molecule has 7 nitrogen and oxygen atoms in total. The third kappa shape index (κ3) is 12.4. The van der Waals surface area contributed by atoms with Gasteiger partial charge in [-0.15, -0.1) is 0 Å². The maximum atomic E-state index is 13.2. The first-order chi connectivity index (χ1) is 17.4. The van der Waals surface area contributed by atoms with Gasteiger partial charge >= 0.3 is 0 Å². The number of hydrogen-bond donors (Lipinski definition) is 3. The van der Waals surface area contributed by atoms with Crippen molar-refractivity contribution >= 4 is 29.1 Å². The largest absolute Gasteiger partial charge is 0.350 e. The van der Waals surface area contributed by atoms with Crippen LogP contribution < -0.4 is 16.0 Å². The maximum absolute atomic E-state index is 13.2. The summed E-state index contributed by atoms with van der Waals surface area (Å²) in [6, 6.07) is 7.23. The lowest BCUT2D eigenvalue weighted by molar-refractivity contribution is -0.132. The first-order valence-electron chi connectivity index (χ1n) is 13.9. The number of carbonyl (C=O) groups is 3. The fourth-order valence-corrected chi connectivity index (χ4v) is 4.23. The molecule has 0 saturated heterocycles. The molecule has 0 radical (unpaired) electrons. The Morgan fingerprint density at radius 1 is 0.973 bits per heavy atom. The lowest BCUT2D eigenvalue weighted by Gasteiger charge is -2.23. The second kappa shape index (κ2) is 16.2. The first kappa shape index (κ1) is 32.3. The number of hydrogen-bond acceptors (Lipinski definition) is 4. The summed E-state index contributed by atoms with van der Waals surface area (Å²) < 4.78 is 0. The fraction of sp³-hybridized carbons (Fsp3) is 0.667. The van der Waals surface area contributed by atoms with E-state index >= 15 is 0 Å². The van der Waals surface area contributed by atoms with Crippen LogP contribution in [0.3, 0.4) is 0 Å². The molecule has 0 aliphatic carbocycles. The van der Waals surface area contributed by atoms with E-state index in [9.17, 15) is 14.4 Å². The fourth-order valence-electron chi connectivity index (χ4n) is 4.23. The van der Waals surface area contributed by atoms with E-state index in [1.807, 2.05) is 45.9 Å². The van der Waals surface area contributed by atoms with Crippen molar-refractivity contribution in [3.63, 3.8) is 0 Å². The summed E-state index contributed by atoms with van der Waals surface area (Å²) in [5.41, 5.74) is 2.40. The summed E-state index contributed by atoms with van der Waals surface area (Å²) in [4.78, 5) is 43.5. The maximum Gasteiger partial charge on any atom is 0.243 e. The van der Waals surface area contributed by atoms with E-state index in [-0.39, 0.29) is 36.6 Å². The lowest BCUT2D eigenvalue weighted by atomic mass is 9.95. The zero-order valence-electron chi connectivity index (χ0n) is 24.4. The zero-order chi connectivity index (χ0) is 28.0. The van der Waals surface area contributed by atoms with Gasteiger partial charge in [0.25, 0.3) is 0 Å². The Bertz CT molecular complexity index is 904. The summed E-state index contributed by atoms with van der Waals surface area (Å²) in [5.74, 6) is -0.532. The highest BCUT2D eigenvalue weighted by molar-refractivity contribution is 5.96. The van der Waals surface area contributed by atoms with Gasteiger partial charge in [-0.2, -0.15) is 0 Å². The molecular weight excluding hydrogens is 464 g/mol. The minimum atomic E-state index is -0.810. The molecule has 0 aromatic heterocycles. The van der Waals surface area contributed by atoms with E-state index < -0.39 is 11.6 Å². The highest BCUT2D eigenvalue weighted by atomic mass is 16.2. The van der Waals surface area contributed by atoms with Gasteiger partial charge in [-0.05, 0) is 64.5 Å². The van der Waals surface area contributed by atoms with Crippen molar-refractivity contribution in [3.8, 4) is 0 Å². The first-order valence-corrected chi connectivity index (χ1v) is 13.9. The number of benzene rings is 1. The summed E-state index contributed by atoms with van der Waals surface area (Å²) in [6.07, 6.45) is 5.73. The van der Waals surface area contributed by atoms with Gasteiger partial charge in [0.1, 0.15) is 6.04 Å². The molecular formula is C30H50N4O3. The number of unbranched alkanes of at least 4 members (excludes halogenated alkanes) is 1. The van der Waals surface area contributed by atoms with Gasteiger partial charge < -0.3 is 16.0 Å². The van der Waals surface area contributed by atoms with Gasteiger partial charge in [-0.1, -0.05) is 65.2 Å². The van der Waals surface area contributed by atoms with E-state index in [0.717, 1.165) is 55.5 Å². The highest BCUT2D eigenvalue weighted by Gasteiger charge is 2.26. The van der Waals surface area contributed by atoms with E-state index in [0.29, 0.717) is 5.92 Å². The van der Waals surface area contributed by atoms with Crippen LogP contribution in [0.4, 0.5) is 5.69 Å². The van der Waals surface area contributed by atoms with Crippen LogP contribution in [-0.2, 0) is 14.4 Å². The summed E-state index contributed by atoms with van der Waals surface area (Å²) >= 11 is 0. The average molecular weight is 515 g/mol. The monoisotopic (exact) mass is 514 g/mol. The Labute approximate surface area is 224 Å². The Hall–Kier alpha value is -2.70. The molecule has 2 unspecified atom stereocenters. The van der Waals surface area contributed by atoms with Crippen LogP contribution in [0.5, 0.6) is 0 Å². The smallest absolute Gasteiger partial charge is 0.243 e. The van der Waals surface area contributed by atoms with Crippen LogP contribution in [0.25, 0.3) is 0 Å². The van der Waals surface area contributed by atoms with Gasteiger partial charge in [0.05, 0.1) is 12.2 Å². The molecule has 1 aromatic carbocycles. The van der Waals surface area contributed by atoms with Crippen molar-refractivity contribution in [2.45, 2.75) is 118 Å². The predicted octanol–water partition coefficient (Wildman–Crippen LogP) is 5.80. The average Bonchev–Trinajstić information content (AvgIpc) is 2.83. The molecule has 1 rings (SSSR count). The van der Waals surface area contributed by atoms with Crippen LogP contribution in [-0.4, -0.2) is 41.6 Å². The van der Waals surface area contributed by atoms with Crippen molar-refractivity contribution < 1.29 is 14.4 Å². The number of aliphatic imine (C=N–C) groups is 1. The number of carbonyl (C=O) groups excluding carboxylic acids is 3. The summed E-state index contributed by atoms with van der Waals surface area (Å²) in [6.45, 7) is 15.9. The van der Waals surface area contributed by atoms with Gasteiger partial charge in [-0.25, -0.2) is 0 Å². The van der Waals surface area contributed by atoms with Crippen LogP contribution in [0.2, 0.25) is 0 Å². The summed E-state index contributed by atoms with van der Waals surface area (Å²) in [5, 5.41) is 8.54. The minimum absolute atomic E-state index is 0.109. The van der Waals surface area contributed by atoms with Crippen LogP contribution >= 0.6 is 0 Å². The molecule has 1 aromatic rings. The number of nitrogens with zero attached hydrogens (tertiary/aromatic N) is 1. The molecule has 3 N–H and O–H groups in total. The van der Waals surface area contributed by atoms with E-state index in [2.05, 4.69) is 49.7 Å². The second-order valence-corrected chi connectivity index (χ2v) is 11.1. The highest BCUT2D eigenvalue weighted by Crippen LogP contribution is 2.29. The van der Waals surface area contributed by atoms with Crippen molar-refractivity contribution in [1.29, 1.82) is 0 Å². The molecule has 0 bridgehead atoms. The van der Waals surface area contributed by atoms with Gasteiger partial charge in [0, 0.05) is 23.6 Å². The van der Waals surface area contributed by atoms with E-state index in [4.69, 9.17) is 4.99 Å². The van der Waals surface area contributed by atoms with Crippen molar-refractivity contribution in [2.24, 2.45) is 10.9 Å². The molecule has 0 fully saturated rings. The third-order valence-electron chi connectivity index (χ3n) is 6.38. The van der Waals surface area contributed by atoms with Crippen LogP contribution in [0, 0.1) is 5.92 Å². The Kier molecular flexibility index (Phi) is 14.2. The molecule has 3 atom stereocenters. The van der Waals surface area contributed by atoms with Crippen molar-refractivity contribution in [2.75, 3.05) is 6.54 Å². The number of rotatable bonds is 15. The van der Waals surface area contributed by atoms with Crippen molar-refractivity contribution in [1.82, 2.24) is 16.0 Å². The van der Waals surface area contributed by atoms with Gasteiger partial charge in [-0.3, -0.25) is 19.4 Å². The Balaban J connectivity index is 3.12. The Morgan fingerprint density at radius 2 is 1.65 bits per heavy atom. The van der Waals surface area contributed by atoms with Crippen molar-refractivity contribution in [3.05, 3.63) is 29.8 Å². The predicted molar refractivity (Wildman–Crippen MR) is 153 cm³/mol. The lowest BCUT2D eigenvalue weighted by Crippen LogP contribution is -2.52. The zero-order valence-corrected chi connectivity index (χ0v) is 24.4. The number of para-hydroxylation sites is 1. The summed E-state index contributed by atoms with van der Waals surface area (Å²) in [7, 11) is 0. The molecule has 3 amide bonds. The molecule has 0 aliphatic rings. The molecule has 0 spiro atoms. The number of nitrogens with one attached hydrogen (secondary N) is 3. The third-order valence-corrected chi connectivity index (χ3v) is 6.38. The standard InChI is InChI=1S/C30H50N4O3/c1-9-12-16-23(15-10-2)28(36)33-26(29(37)31-20-27(35)34-30(6,7)8)19-22(5)32-25-18-14-13-17-24(25)21(4)11-3/h13-14,17-18,21,23,26H,9-12,15-16,19-20H2,1-8H3,(H,31,37)(H,33,36)(H,34,35)/t21?,23-,26?/m0/s1. The molecule has 7 heteroatoms. The minimum Gasteiger partial charge on any atom is -0.350 e. The second-order valence-electron chi connectivity index (χ2n) is 11.1. The van der Waals surface area contributed by atoms with E-state index in [1.54, 1.807) is 0 Å². The Morgan fingerprint density at radius 3 is 2.24 bits per heavy atom. The normalized spacial score (nSPS) is 14.4. The molecule has 0 heterocycles. The molecule has 0 saturated carbocycles. The van der Waals surface area contributed by atoms with E-state index in [1.165, 1.54) is 0 Å². The molecule has 0 aliphatic heterocycles. The SMILES string of the molecule is CCCC[C@H](CCC)C(=O)NC(CC(C)=Nc1ccccc1C(C)CC)C(=O)NCC(=O)NC(C)(C)C. The van der Waals surface area contributed by atoms with Gasteiger partial charge in [0.2, 0.25) is 17.7 Å². The quantitative estimate of drug-likeness (QED) is 0.258. The molecule has 208 valence electrons. The molecule has 37 heavy (non-hydrogen) atoms. The van der Waals surface area contributed by atoms with Crippen LogP contribution in [0.15, 0.2) is 29.3 Å².